The molecular weight excluding hydrogens is 332 g/mol. The van der Waals surface area contributed by atoms with Crippen LogP contribution >= 0.6 is 11.3 Å². The maximum Gasteiger partial charge on any atom is 0.283 e. The Morgan fingerprint density at radius 3 is 2.44 bits per heavy atom. The van der Waals surface area contributed by atoms with E-state index in [0.29, 0.717) is 4.88 Å². The van der Waals surface area contributed by atoms with E-state index in [1.54, 1.807) is 17.1 Å². The Hall–Kier alpha value is -3.05. The minimum Gasteiger partial charge on any atom is -0.508 e. The molecule has 1 aliphatic heterocycles. The van der Waals surface area contributed by atoms with Crippen molar-refractivity contribution in [1.82, 2.24) is 10.4 Å². The standard InChI is InChI=1S/C20H16N2O2S/c23-16-10-8-14(9-11-16)17-13-18(15-5-2-1-3-6-15)22(21-17)20(24)19-7-4-12-25-19/h1-13,18,21,23H/t18-/m1/s1. The molecule has 0 bridgehead atoms. The number of hydrazine groups is 1. The molecule has 25 heavy (non-hydrogen) atoms. The lowest BCUT2D eigenvalue weighted by Gasteiger charge is -2.25. The predicted molar refractivity (Wildman–Crippen MR) is 98.9 cm³/mol. The van der Waals surface area contributed by atoms with Gasteiger partial charge in [-0.05, 0) is 52.9 Å². The molecule has 1 aliphatic rings. The van der Waals surface area contributed by atoms with Crippen molar-refractivity contribution >= 4 is 22.9 Å². The van der Waals surface area contributed by atoms with Crippen molar-refractivity contribution in [2.24, 2.45) is 0 Å². The van der Waals surface area contributed by atoms with Crippen LogP contribution < -0.4 is 5.43 Å². The molecule has 1 aromatic heterocycles. The van der Waals surface area contributed by atoms with Crippen LogP contribution in [0.25, 0.3) is 5.70 Å². The fourth-order valence-corrected chi connectivity index (χ4v) is 3.52. The van der Waals surface area contributed by atoms with Gasteiger partial charge in [0.25, 0.3) is 5.91 Å². The zero-order valence-corrected chi connectivity index (χ0v) is 14.1. The molecule has 2 aromatic carbocycles. The maximum atomic E-state index is 12.9. The van der Waals surface area contributed by atoms with Crippen LogP contribution in [0.1, 0.15) is 26.8 Å². The number of aromatic hydroxyl groups is 1. The molecule has 0 saturated heterocycles. The molecule has 2 N–H and O–H groups in total. The lowest BCUT2D eigenvalue weighted by Crippen LogP contribution is -2.39. The highest BCUT2D eigenvalue weighted by Gasteiger charge is 2.31. The molecule has 124 valence electrons. The van der Waals surface area contributed by atoms with Crippen LogP contribution in [0.5, 0.6) is 5.75 Å². The van der Waals surface area contributed by atoms with Gasteiger partial charge in [-0.1, -0.05) is 36.4 Å². The van der Waals surface area contributed by atoms with Crippen molar-refractivity contribution in [3.8, 4) is 5.75 Å². The minimum atomic E-state index is -0.195. The van der Waals surface area contributed by atoms with Gasteiger partial charge in [-0.2, -0.15) is 0 Å². The highest BCUT2D eigenvalue weighted by Crippen LogP contribution is 2.33. The van der Waals surface area contributed by atoms with Crippen molar-refractivity contribution < 1.29 is 9.90 Å². The topological polar surface area (TPSA) is 52.6 Å². The Bertz CT molecular complexity index is 903. The van der Waals surface area contributed by atoms with Gasteiger partial charge in [0.2, 0.25) is 0 Å². The molecule has 1 atom stereocenters. The third-order valence-corrected chi connectivity index (χ3v) is 4.97. The Balaban J connectivity index is 1.71. The first-order valence-corrected chi connectivity index (χ1v) is 8.80. The van der Waals surface area contributed by atoms with E-state index in [1.807, 2.05) is 66.1 Å². The first-order chi connectivity index (χ1) is 12.2. The molecule has 4 rings (SSSR count). The smallest absolute Gasteiger partial charge is 0.283 e. The molecule has 0 fully saturated rings. The van der Waals surface area contributed by atoms with Gasteiger partial charge in [0.15, 0.2) is 0 Å². The van der Waals surface area contributed by atoms with Crippen LogP contribution in [0.2, 0.25) is 0 Å². The summed E-state index contributed by atoms with van der Waals surface area (Å²) in [6, 6.07) is 20.4. The largest absolute Gasteiger partial charge is 0.508 e. The second-order valence-electron chi connectivity index (χ2n) is 5.75. The van der Waals surface area contributed by atoms with E-state index in [9.17, 15) is 9.90 Å². The van der Waals surface area contributed by atoms with Crippen LogP contribution in [-0.2, 0) is 0 Å². The number of rotatable bonds is 3. The van der Waals surface area contributed by atoms with Crippen LogP contribution in [0.4, 0.5) is 0 Å². The quantitative estimate of drug-likeness (QED) is 0.746. The number of phenols is 1. The normalized spacial score (nSPS) is 16.4. The summed E-state index contributed by atoms with van der Waals surface area (Å²) in [5, 5.41) is 13.0. The summed E-state index contributed by atoms with van der Waals surface area (Å²) in [6.07, 6.45) is 2.03. The number of carbonyl (C=O) groups excluding carboxylic acids is 1. The number of benzene rings is 2. The van der Waals surface area contributed by atoms with Crippen LogP contribution in [-0.4, -0.2) is 16.0 Å². The Labute approximate surface area is 149 Å². The fourth-order valence-electron chi connectivity index (χ4n) is 2.86. The van der Waals surface area contributed by atoms with Gasteiger partial charge in [-0.15, -0.1) is 11.3 Å². The van der Waals surface area contributed by atoms with Gasteiger partial charge in [-0.3, -0.25) is 10.2 Å². The van der Waals surface area contributed by atoms with Crippen molar-refractivity contribution in [1.29, 1.82) is 0 Å². The number of thiophene rings is 1. The molecule has 0 spiro atoms. The molecule has 2 heterocycles. The Kier molecular flexibility index (Phi) is 3.99. The summed E-state index contributed by atoms with van der Waals surface area (Å²) in [4.78, 5) is 13.6. The summed E-state index contributed by atoms with van der Waals surface area (Å²) in [5.74, 6) is 0.155. The third kappa shape index (κ3) is 3.02. The third-order valence-electron chi connectivity index (χ3n) is 4.11. The van der Waals surface area contributed by atoms with E-state index in [2.05, 4.69) is 5.43 Å². The molecule has 0 aliphatic carbocycles. The second-order valence-corrected chi connectivity index (χ2v) is 6.69. The number of nitrogens with zero attached hydrogens (tertiary/aromatic N) is 1. The summed E-state index contributed by atoms with van der Waals surface area (Å²) < 4.78 is 0. The van der Waals surface area contributed by atoms with Gasteiger partial charge in [-0.25, -0.2) is 5.01 Å². The van der Waals surface area contributed by atoms with E-state index < -0.39 is 0 Å². The predicted octanol–water partition coefficient (Wildman–Crippen LogP) is 4.20. The summed E-state index contributed by atoms with van der Waals surface area (Å²) in [5.41, 5.74) is 6.03. The molecule has 3 aromatic rings. The van der Waals surface area contributed by atoms with Gasteiger partial charge in [0, 0.05) is 0 Å². The van der Waals surface area contributed by atoms with E-state index in [-0.39, 0.29) is 17.7 Å². The number of phenolic OH excluding ortho intramolecular Hbond substituents is 1. The maximum absolute atomic E-state index is 12.9. The summed E-state index contributed by atoms with van der Waals surface area (Å²) >= 11 is 1.43. The number of hydrogen-bond acceptors (Lipinski definition) is 4. The SMILES string of the molecule is O=C(c1cccs1)N1NC(c2ccc(O)cc2)=C[C@@H]1c1ccccc1. The number of hydrogen-bond donors (Lipinski definition) is 2. The monoisotopic (exact) mass is 348 g/mol. The van der Waals surface area contributed by atoms with E-state index in [0.717, 1.165) is 16.8 Å². The minimum absolute atomic E-state index is 0.0612. The van der Waals surface area contributed by atoms with Crippen molar-refractivity contribution in [3.05, 3.63) is 94.2 Å². The highest BCUT2D eigenvalue weighted by molar-refractivity contribution is 7.12. The zero-order chi connectivity index (χ0) is 17.2. The van der Waals surface area contributed by atoms with Crippen molar-refractivity contribution in [2.75, 3.05) is 0 Å². The van der Waals surface area contributed by atoms with E-state index >= 15 is 0 Å². The highest BCUT2D eigenvalue weighted by atomic mass is 32.1. The molecule has 0 unspecified atom stereocenters. The average molecular weight is 348 g/mol. The van der Waals surface area contributed by atoms with Crippen LogP contribution in [0.15, 0.2) is 78.2 Å². The Morgan fingerprint density at radius 2 is 1.76 bits per heavy atom. The summed E-state index contributed by atoms with van der Waals surface area (Å²) in [6.45, 7) is 0. The number of carbonyl (C=O) groups is 1. The zero-order valence-electron chi connectivity index (χ0n) is 13.3. The molecular formula is C20H16N2O2S. The fraction of sp³-hybridized carbons (Fsp3) is 0.0500. The molecule has 0 radical (unpaired) electrons. The van der Waals surface area contributed by atoms with Crippen molar-refractivity contribution in [2.45, 2.75) is 6.04 Å². The average Bonchev–Trinajstić information content (AvgIpc) is 3.33. The molecule has 0 saturated carbocycles. The lowest BCUT2D eigenvalue weighted by atomic mass is 10.0. The number of amides is 1. The van der Waals surface area contributed by atoms with Crippen molar-refractivity contribution in [3.63, 3.8) is 0 Å². The lowest BCUT2D eigenvalue weighted by molar-refractivity contribution is 0.0677. The van der Waals surface area contributed by atoms with Gasteiger partial charge in [0.05, 0.1) is 16.6 Å². The van der Waals surface area contributed by atoms with Crippen LogP contribution in [0.3, 0.4) is 0 Å². The van der Waals surface area contributed by atoms with Gasteiger partial charge >= 0.3 is 0 Å². The second kappa shape index (κ2) is 6.45. The van der Waals surface area contributed by atoms with Gasteiger partial charge < -0.3 is 5.11 Å². The van der Waals surface area contributed by atoms with E-state index in [1.165, 1.54) is 11.3 Å². The van der Waals surface area contributed by atoms with E-state index in [4.69, 9.17) is 0 Å². The van der Waals surface area contributed by atoms with Crippen LogP contribution in [0, 0.1) is 0 Å². The Morgan fingerprint density at radius 1 is 1.00 bits per heavy atom. The molecule has 1 amide bonds. The summed E-state index contributed by atoms with van der Waals surface area (Å²) in [7, 11) is 0. The first kappa shape index (κ1) is 15.5. The molecule has 4 nitrogen and oxygen atoms in total. The first-order valence-electron chi connectivity index (χ1n) is 7.92. The molecule has 5 heteroatoms. The number of nitrogens with one attached hydrogen (secondary N) is 1. The van der Waals surface area contributed by atoms with Gasteiger partial charge in [0.1, 0.15) is 5.75 Å².